The van der Waals surface area contributed by atoms with Gasteiger partial charge in [0, 0.05) is 50.3 Å². The molecular weight excluding hydrogens is 250 g/mol. The molecule has 2 aromatic rings. The number of pyridine rings is 1. The van der Waals surface area contributed by atoms with Crippen molar-refractivity contribution in [2.24, 2.45) is 7.05 Å². The van der Waals surface area contributed by atoms with Crippen LogP contribution in [-0.2, 0) is 20.1 Å². The van der Waals surface area contributed by atoms with Crippen LogP contribution in [0.2, 0.25) is 0 Å². The summed E-state index contributed by atoms with van der Waals surface area (Å²) < 4.78 is 1.83. The van der Waals surface area contributed by atoms with Crippen LogP contribution in [0.1, 0.15) is 24.6 Å². The molecule has 0 radical (unpaired) electrons. The van der Waals surface area contributed by atoms with Gasteiger partial charge in [-0.1, -0.05) is 6.92 Å². The summed E-state index contributed by atoms with van der Waals surface area (Å²) in [5.41, 5.74) is 3.44. The van der Waals surface area contributed by atoms with Gasteiger partial charge in [0.25, 0.3) is 0 Å². The highest BCUT2D eigenvalue weighted by Gasteiger charge is 2.05. The van der Waals surface area contributed by atoms with Gasteiger partial charge in [-0.05, 0) is 25.6 Å². The van der Waals surface area contributed by atoms with Gasteiger partial charge in [-0.15, -0.1) is 0 Å². The first kappa shape index (κ1) is 14.5. The van der Waals surface area contributed by atoms with Crippen LogP contribution in [0.5, 0.6) is 0 Å². The lowest BCUT2D eigenvalue weighted by molar-refractivity contribution is 0.315. The molecule has 0 saturated heterocycles. The first-order chi connectivity index (χ1) is 9.67. The third-order valence-corrected chi connectivity index (χ3v) is 3.04. The van der Waals surface area contributed by atoms with E-state index in [1.807, 2.05) is 36.4 Å². The molecular formula is C15H23N5. The number of hydrogen-bond acceptors (Lipinski definition) is 4. The monoisotopic (exact) mass is 273 g/mol. The van der Waals surface area contributed by atoms with Gasteiger partial charge in [0.1, 0.15) is 0 Å². The number of aromatic nitrogens is 3. The lowest BCUT2D eigenvalue weighted by Crippen LogP contribution is -2.17. The summed E-state index contributed by atoms with van der Waals surface area (Å²) in [4.78, 5) is 6.67. The van der Waals surface area contributed by atoms with E-state index in [0.29, 0.717) is 0 Å². The van der Waals surface area contributed by atoms with E-state index in [1.54, 1.807) is 0 Å². The predicted molar refractivity (Wildman–Crippen MR) is 81.4 cm³/mol. The van der Waals surface area contributed by atoms with Crippen molar-refractivity contribution in [3.63, 3.8) is 0 Å². The molecule has 5 nitrogen and oxygen atoms in total. The van der Waals surface area contributed by atoms with Crippen LogP contribution in [-0.4, -0.2) is 33.3 Å². The summed E-state index contributed by atoms with van der Waals surface area (Å²) in [5.74, 6) is 0. The molecule has 2 heterocycles. The molecule has 0 bridgehead atoms. The van der Waals surface area contributed by atoms with E-state index in [0.717, 1.165) is 37.4 Å². The summed E-state index contributed by atoms with van der Waals surface area (Å²) in [6.45, 7) is 4.87. The van der Waals surface area contributed by atoms with E-state index in [-0.39, 0.29) is 0 Å². The molecule has 0 atom stereocenters. The molecule has 0 unspecified atom stereocenters. The molecule has 2 rings (SSSR count). The minimum atomic E-state index is 0.830. The van der Waals surface area contributed by atoms with E-state index in [9.17, 15) is 0 Å². The Morgan fingerprint density at radius 1 is 1.35 bits per heavy atom. The molecule has 0 aliphatic carbocycles. The second kappa shape index (κ2) is 7.05. The molecule has 0 amide bonds. The zero-order chi connectivity index (χ0) is 14.4. The first-order valence-electron chi connectivity index (χ1n) is 7.02. The quantitative estimate of drug-likeness (QED) is 0.840. The van der Waals surface area contributed by atoms with Gasteiger partial charge < -0.3 is 5.32 Å². The Bertz CT molecular complexity index is 535. The second-order valence-electron chi connectivity index (χ2n) is 5.16. The number of nitrogens with zero attached hydrogens (tertiary/aromatic N) is 4. The fraction of sp³-hybridized carbons (Fsp3) is 0.467. The molecule has 108 valence electrons. The number of rotatable bonds is 7. The summed E-state index contributed by atoms with van der Waals surface area (Å²) in [7, 11) is 4.04. The van der Waals surface area contributed by atoms with Crippen molar-refractivity contribution >= 4 is 5.69 Å². The Kier molecular flexibility index (Phi) is 5.12. The van der Waals surface area contributed by atoms with Crippen molar-refractivity contribution in [1.82, 2.24) is 19.7 Å². The minimum absolute atomic E-state index is 0.830. The molecule has 0 aliphatic rings. The van der Waals surface area contributed by atoms with Crippen LogP contribution in [0.4, 0.5) is 5.69 Å². The average molecular weight is 273 g/mol. The Labute approximate surface area is 120 Å². The zero-order valence-corrected chi connectivity index (χ0v) is 12.5. The van der Waals surface area contributed by atoms with Crippen LogP contribution in [0.15, 0.2) is 30.7 Å². The van der Waals surface area contributed by atoms with Gasteiger partial charge in [0.05, 0.1) is 11.9 Å². The highest BCUT2D eigenvalue weighted by atomic mass is 15.2. The number of anilines is 1. The minimum Gasteiger partial charge on any atom is -0.385 e. The van der Waals surface area contributed by atoms with E-state index >= 15 is 0 Å². The van der Waals surface area contributed by atoms with Crippen molar-refractivity contribution in [2.45, 2.75) is 26.4 Å². The fourth-order valence-electron chi connectivity index (χ4n) is 2.14. The topological polar surface area (TPSA) is 46.0 Å². The summed E-state index contributed by atoms with van der Waals surface area (Å²) in [6.07, 6.45) is 6.94. The third-order valence-electron chi connectivity index (χ3n) is 3.04. The Morgan fingerprint density at radius 3 is 2.90 bits per heavy atom. The maximum absolute atomic E-state index is 4.43. The largest absolute Gasteiger partial charge is 0.385 e. The normalized spacial score (nSPS) is 11.0. The fourth-order valence-corrected chi connectivity index (χ4v) is 2.14. The Hall–Kier alpha value is -1.88. The lowest BCUT2D eigenvalue weighted by atomic mass is 10.2. The van der Waals surface area contributed by atoms with Crippen LogP contribution in [0, 0.1) is 0 Å². The molecule has 2 aromatic heterocycles. The van der Waals surface area contributed by atoms with Gasteiger partial charge in [0.15, 0.2) is 0 Å². The first-order valence-corrected chi connectivity index (χ1v) is 7.02. The summed E-state index contributed by atoms with van der Waals surface area (Å²) >= 11 is 0. The summed E-state index contributed by atoms with van der Waals surface area (Å²) in [5, 5.41) is 7.58. The molecule has 1 N–H and O–H groups in total. The molecule has 0 spiro atoms. The molecule has 5 heteroatoms. The van der Waals surface area contributed by atoms with Crippen molar-refractivity contribution < 1.29 is 0 Å². The Morgan fingerprint density at radius 2 is 2.20 bits per heavy atom. The lowest BCUT2D eigenvalue weighted by Gasteiger charge is -2.15. The summed E-state index contributed by atoms with van der Waals surface area (Å²) in [6, 6.07) is 4.13. The SMILES string of the molecule is CCCNc1ccnc(CN(C)Cc2cnn(C)c2)c1. The van der Waals surface area contributed by atoms with E-state index in [4.69, 9.17) is 0 Å². The highest BCUT2D eigenvalue weighted by molar-refractivity contribution is 5.43. The van der Waals surface area contributed by atoms with Crippen LogP contribution in [0.25, 0.3) is 0 Å². The van der Waals surface area contributed by atoms with Gasteiger partial charge >= 0.3 is 0 Å². The van der Waals surface area contributed by atoms with Crippen molar-refractivity contribution in [3.8, 4) is 0 Å². The maximum Gasteiger partial charge on any atom is 0.0564 e. The predicted octanol–water partition coefficient (Wildman–Crippen LogP) is 2.27. The average Bonchev–Trinajstić information content (AvgIpc) is 2.82. The smallest absolute Gasteiger partial charge is 0.0564 e. The van der Waals surface area contributed by atoms with Gasteiger partial charge in [-0.2, -0.15) is 5.10 Å². The van der Waals surface area contributed by atoms with Gasteiger partial charge in [-0.25, -0.2) is 0 Å². The third kappa shape index (κ3) is 4.35. The van der Waals surface area contributed by atoms with Crippen LogP contribution >= 0.6 is 0 Å². The maximum atomic E-state index is 4.43. The van der Waals surface area contributed by atoms with Crippen molar-refractivity contribution in [1.29, 1.82) is 0 Å². The second-order valence-corrected chi connectivity index (χ2v) is 5.16. The van der Waals surface area contributed by atoms with Gasteiger partial charge in [-0.3, -0.25) is 14.6 Å². The van der Waals surface area contributed by atoms with Crippen molar-refractivity contribution in [2.75, 3.05) is 18.9 Å². The van der Waals surface area contributed by atoms with Gasteiger partial charge in [0.2, 0.25) is 0 Å². The van der Waals surface area contributed by atoms with Crippen molar-refractivity contribution in [3.05, 3.63) is 42.0 Å². The highest BCUT2D eigenvalue weighted by Crippen LogP contribution is 2.11. The molecule has 0 aromatic carbocycles. The Balaban J connectivity index is 1.91. The molecule has 0 aliphatic heterocycles. The van der Waals surface area contributed by atoms with Crippen LogP contribution < -0.4 is 5.32 Å². The number of nitrogens with one attached hydrogen (secondary N) is 1. The van der Waals surface area contributed by atoms with Crippen LogP contribution in [0.3, 0.4) is 0 Å². The number of hydrogen-bond donors (Lipinski definition) is 1. The van der Waals surface area contributed by atoms with E-state index < -0.39 is 0 Å². The molecule has 0 saturated carbocycles. The van der Waals surface area contributed by atoms with E-state index in [1.165, 1.54) is 5.56 Å². The zero-order valence-electron chi connectivity index (χ0n) is 12.5. The number of aryl methyl sites for hydroxylation is 1. The molecule has 0 fully saturated rings. The molecule has 20 heavy (non-hydrogen) atoms. The standard InChI is InChI=1S/C15H23N5/c1-4-6-16-14-5-7-17-15(8-14)12-19(2)10-13-9-18-20(3)11-13/h5,7-9,11H,4,6,10,12H2,1-3H3,(H,16,17). The van der Waals surface area contributed by atoms with E-state index in [2.05, 4.69) is 40.3 Å².